The molecule has 0 unspecified atom stereocenters. The highest BCUT2D eigenvalue weighted by atomic mass is 16.2. The average molecular weight is 311 g/mol. The molecule has 1 fully saturated rings. The Hall–Kier alpha value is -1.10. The summed E-state index contributed by atoms with van der Waals surface area (Å²) in [5.41, 5.74) is 0. The van der Waals surface area contributed by atoms with Gasteiger partial charge in [-0.3, -0.25) is 14.5 Å². The summed E-state index contributed by atoms with van der Waals surface area (Å²) in [5, 5.41) is 6.03. The average Bonchev–Trinajstić information content (AvgIpc) is 2.41. The second-order valence-electron chi connectivity index (χ2n) is 7.20. The van der Waals surface area contributed by atoms with E-state index in [1.807, 2.05) is 27.8 Å². The van der Waals surface area contributed by atoms with Gasteiger partial charge in [0.1, 0.15) is 0 Å². The van der Waals surface area contributed by atoms with Crippen molar-refractivity contribution in [2.75, 3.05) is 13.6 Å². The van der Waals surface area contributed by atoms with E-state index in [9.17, 15) is 9.59 Å². The van der Waals surface area contributed by atoms with Crippen molar-refractivity contribution in [3.8, 4) is 0 Å². The molecule has 1 rings (SSSR count). The van der Waals surface area contributed by atoms with Crippen LogP contribution in [0.4, 0.5) is 0 Å². The monoisotopic (exact) mass is 311 g/mol. The number of carbonyl (C=O) groups is 2. The summed E-state index contributed by atoms with van der Waals surface area (Å²) in [5.74, 6) is 1.14. The van der Waals surface area contributed by atoms with Crippen LogP contribution in [-0.4, -0.2) is 48.4 Å². The third-order valence-corrected chi connectivity index (χ3v) is 4.92. The van der Waals surface area contributed by atoms with Crippen LogP contribution in [0.15, 0.2) is 0 Å². The van der Waals surface area contributed by atoms with Crippen LogP contribution in [0.3, 0.4) is 0 Å². The first-order chi connectivity index (χ1) is 10.2. The maximum Gasteiger partial charge on any atom is 0.237 e. The fourth-order valence-electron chi connectivity index (χ4n) is 3.02. The Labute approximate surface area is 135 Å². The Morgan fingerprint density at radius 2 is 1.82 bits per heavy atom. The molecule has 5 heteroatoms. The summed E-state index contributed by atoms with van der Waals surface area (Å²) in [4.78, 5) is 26.0. The maximum atomic E-state index is 12.4. The van der Waals surface area contributed by atoms with Gasteiger partial charge >= 0.3 is 0 Å². The number of likely N-dealkylation sites (N-methyl/N-ethyl adjacent to an activating group) is 1. The summed E-state index contributed by atoms with van der Waals surface area (Å²) in [6.07, 6.45) is 3.48. The van der Waals surface area contributed by atoms with Crippen LogP contribution in [0.1, 0.15) is 53.9 Å². The molecular formula is C17H33N3O2. The van der Waals surface area contributed by atoms with Crippen LogP contribution in [0.2, 0.25) is 0 Å². The van der Waals surface area contributed by atoms with Gasteiger partial charge < -0.3 is 10.6 Å². The molecule has 4 atom stereocenters. The number of hydrogen-bond donors (Lipinski definition) is 2. The van der Waals surface area contributed by atoms with Gasteiger partial charge in [0, 0.05) is 12.1 Å². The van der Waals surface area contributed by atoms with E-state index in [2.05, 4.69) is 24.5 Å². The highest BCUT2D eigenvalue weighted by Gasteiger charge is 2.30. The molecule has 5 nitrogen and oxygen atoms in total. The van der Waals surface area contributed by atoms with Crippen molar-refractivity contribution in [2.45, 2.75) is 72.0 Å². The third kappa shape index (κ3) is 5.59. The van der Waals surface area contributed by atoms with Crippen LogP contribution < -0.4 is 10.6 Å². The van der Waals surface area contributed by atoms with Crippen molar-refractivity contribution in [1.82, 2.24) is 15.5 Å². The molecule has 0 spiro atoms. The van der Waals surface area contributed by atoms with Gasteiger partial charge in [0.2, 0.25) is 11.8 Å². The van der Waals surface area contributed by atoms with E-state index in [-0.39, 0.29) is 36.5 Å². The highest BCUT2D eigenvalue weighted by Crippen LogP contribution is 2.29. The summed E-state index contributed by atoms with van der Waals surface area (Å²) < 4.78 is 0. The molecule has 22 heavy (non-hydrogen) atoms. The summed E-state index contributed by atoms with van der Waals surface area (Å²) >= 11 is 0. The number of carbonyl (C=O) groups excluding carboxylic acids is 2. The Morgan fingerprint density at radius 1 is 1.18 bits per heavy atom. The van der Waals surface area contributed by atoms with Gasteiger partial charge in [-0.2, -0.15) is 0 Å². The Balaban J connectivity index is 2.48. The van der Waals surface area contributed by atoms with Gasteiger partial charge in [0.05, 0.1) is 12.6 Å². The molecule has 0 aromatic rings. The minimum absolute atomic E-state index is 0.0193. The van der Waals surface area contributed by atoms with E-state index in [1.54, 1.807) is 4.90 Å². The van der Waals surface area contributed by atoms with Gasteiger partial charge in [-0.25, -0.2) is 0 Å². The lowest BCUT2D eigenvalue weighted by molar-refractivity contribution is -0.128. The van der Waals surface area contributed by atoms with Crippen molar-refractivity contribution in [3.63, 3.8) is 0 Å². The number of amides is 2. The lowest BCUT2D eigenvalue weighted by Crippen LogP contribution is -2.52. The first-order valence-electron chi connectivity index (χ1n) is 8.52. The zero-order valence-corrected chi connectivity index (χ0v) is 15.0. The van der Waals surface area contributed by atoms with E-state index in [0.717, 1.165) is 6.42 Å². The van der Waals surface area contributed by atoms with E-state index in [4.69, 9.17) is 0 Å². The van der Waals surface area contributed by atoms with E-state index >= 15 is 0 Å². The molecule has 0 heterocycles. The Bertz CT molecular complexity index is 384. The normalized spacial score (nSPS) is 26.8. The van der Waals surface area contributed by atoms with Gasteiger partial charge in [-0.05, 0) is 46.1 Å². The lowest BCUT2D eigenvalue weighted by Gasteiger charge is -2.36. The quantitative estimate of drug-likeness (QED) is 0.786. The van der Waals surface area contributed by atoms with Gasteiger partial charge in [0.15, 0.2) is 0 Å². The van der Waals surface area contributed by atoms with E-state index in [1.165, 1.54) is 12.8 Å². The molecule has 2 amide bonds. The van der Waals surface area contributed by atoms with Crippen molar-refractivity contribution in [2.24, 2.45) is 11.8 Å². The number of rotatable bonds is 6. The van der Waals surface area contributed by atoms with E-state index < -0.39 is 0 Å². The molecule has 0 bridgehead atoms. The minimum Gasteiger partial charge on any atom is -0.353 e. The number of hydrogen-bond acceptors (Lipinski definition) is 3. The number of nitrogens with one attached hydrogen (secondary N) is 2. The van der Waals surface area contributed by atoms with Crippen LogP contribution in [0.5, 0.6) is 0 Å². The molecular weight excluding hydrogens is 278 g/mol. The van der Waals surface area contributed by atoms with Crippen LogP contribution in [-0.2, 0) is 9.59 Å². The van der Waals surface area contributed by atoms with Crippen LogP contribution in [0, 0.1) is 11.8 Å². The lowest BCUT2D eigenvalue weighted by atomic mass is 9.78. The molecule has 0 aliphatic heterocycles. The summed E-state index contributed by atoms with van der Waals surface area (Å²) in [6, 6.07) is 0.0774. The Kier molecular flexibility index (Phi) is 7.33. The third-order valence-electron chi connectivity index (χ3n) is 4.92. The van der Waals surface area contributed by atoms with Crippen molar-refractivity contribution < 1.29 is 9.59 Å². The minimum atomic E-state index is -0.303. The molecule has 2 N–H and O–H groups in total. The molecule has 0 aromatic heterocycles. The highest BCUT2D eigenvalue weighted by molar-refractivity contribution is 5.83. The first-order valence-corrected chi connectivity index (χ1v) is 8.52. The summed E-state index contributed by atoms with van der Waals surface area (Å²) in [7, 11) is 1.82. The fourth-order valence-corrected chi connectivity index (χ4v) is 3.02. The fraction of sp³-hybridized carbons (Fsp3) is 0.882. The van der Waals surface area contributed by atoms with E-state index in [0.29, 0.717) is 11.8 Å². The topological polar surface area (TPSA) is 61.4 Å². The second kappa shape index (κ2) is 8.51. The van der Waals surface area contributed by atoms with Gasteiger partial charge in [0.25, 0.3) is 0 Å². The Morgan fingerprint density at radius 3 is 2.41 bits per heavy atom. The largest absolute Gasteiger partial charge is 0.353 e. The molecule has 0 aromatic carbocycles. The molecule has 0 saturated heterocycles. The number of nitrogens with zero attached hydrogens (tertiary/aromatic N) is 1. The molecule has 128 valence electrons. The van der Waals surface area contributed by atoms with Crippen molar-refractivity contribution in [3.05, 3.63) is 0 Å². The molecule has 1 aliphatic rings. The second-order valence-corrected chi connectivity index (χ2v) is 7.20. The smallest absolute Gasteiger partial charge is 0.237 e. The van der Waals surface area contributed by atoms with Crippen molar-refractivity contribution >= 4 is 11.8 Å². The molecule has 0 radical (unpaired) electrons. The standard InChI is InChI=1S/C17H33N3O2/c1-11(2)18-16(21)10-20(6)14(5)17(22)19-15-9-7-8-12(3)13(15)4/h11-15H,7-10H2,1-6H3,(H,18,21)(H,19,22)/t12-,13+,14+,15-/m0/s1. The predicted molar refractivity (Wildman–Crippen MR) is 89.5 cm³/mol. The first kappa shape index (κ1) is 18.9. The van der Waals surface area contributed by atoms with Gasteiger partial charge in [-0.15, -0.1) is 0 Å². The molecule has 1 saturated carbocycles. The zero-order valence-electron chi connectivity index (χ0n) is 15.0. The predicted octanol–water partition coefficient (Wildman–Crippen LogP) is 1.77. The summed E-state index contributed by atoms with van der Waals surface area (Å²) in [6.45, 7) is 10.4. The zero-order chi connectivity index (χ0) is 16.9. The van der Waals surface area contributed by atoms with Crippen LogP contribution in [0.25, 0.3) is 0 Å². The van der Waals surface area contributed by atoms with Crippen LogP contribution >= 0.6 is 0 Å². The van der Waals surface area contributed by atoms with Crippen molar-refractivity contribution in [1.29, 1.82) is 0 Å². The van der Waals surface area contributed by atoms with Gasteiger partial charge in [-0.1, -0.05) is 26.7 Å². The molecule has 1 aliphatic carbocycles. The SMILES string of the molecule is CC(C)NC(=O)CN(C)[C@H](C)C(=O)N[C@H]1CCC[C@H](C)[C@H]1C. The maximum absolute atomic E-state index is 12.4.